The molecule has 3 N–H and O–H groups in total. The molecule has 1 saturated heterocycles. The van der Waals surface area contributed by atoms with Gasteiger partial charge in [0.2, 0.25) is 0 Å². The van der Waals surface area contributed by atoms with Crippen molar-refractivity contribution >= 4 is 11.9 Å². The number of para-hydroxylation sites is 1. The third-order valence-electron chi connectivity index (χ3n) is 4.44. The van der Waals surface area contributed by atoms with Crippen molar-refractivity contribution in [2.75, 3.05) is 26.2 Å². The summed E-state index contributed by atoms with van der Waals surface area (Å²) in [6, 6.07) is 9.18. The number of carbonyl (C=O) groups is 2. The van der Waals surface area contributed by atoms with Crippen LogP contribution in [0.1, 0.15) is 39.2 Å². The largest absolute Gasteiger partial charge is 0.494 e. The predicted octanol–water partition coefficient (Wildman–Crippen LogP) is 3.01. The Morgan fingerprint density at radius 1 is 1.17 bits per heavy atom. The average Bonchev–Trinajstić information content (AvgIpc) is 2.68. The molecule has 1 heterocycles. The second-order valence-electron chi connectivity index (χ2n) is 7.36. The number of aliphatic carboxylic acids is 2. The highest BCUT2D eigenvalue weighted by molar-refractivity contribution is 5.89. The minimum atomic E-state index is -1.26. The summed E-state index contributed by atoms with van der Waals surface area (Å²) >= 11 is 0. The van der Waals surface area contributed by atoms with Crippen LogP contribution in [0.25, 0.3) is 0 Å². The summed E-state index contributed by atoms with van der Waals surface area (Å²) in [4.78, 5) is 21.8. The van der Waals surface area contributed by atoms with Gasteiger partial charge in [-0.15, -0.1) is 0 Å². The van der Waals surface area contributed by atoms with E-state index in [-0.39, 0.29) is 0 Å². The van der Waals surface area contributed by atoms with Crippen LogP contribution in [-0.4, -0.2) is 59.3 Å². The van der Waals surface area contributed by atoms with Crippen molar-refractivity contribution in [2.45, 2.75) is 46.2 Å². The number of benzene rings is 1. The SMILES string of the molecule is CCOc1ccccc1CN(CC(C)C)C1CCNCC1.O=C(O)/C=C/C(=O)O. The van der Waals surface area contributed by atoms with Crippen LogP contribution in [0.4, 0.5) is 0 Å². The van der Waals surface area contributed by atoms with Crippen LogP contribution in [0.5, 0.6) is 5.75 Å². The van der Waals surface area contributed by atoms with E-state index in [1.807, 2.05) is 0 Å². The van der Waals surface area contributed by atoms with Crippen molar-refractivity contribution in [3.63, 3.8) is 0 Å². The summed E-state index contributed by atoms with van der Waals surface area (Å²) in [5.74, 6) is -0.776. The molecule has 2 rings (SSSR count). The highest BCUT2D eigenvalue weighted by Crippen LogP contribution is 2.23. The molecule has 29 heavy (non-hydrogen) atoms. The molecular formula is C22H34N2O5. The number of nitrogens with zero attached hydrogens (tertiary/aromatic N) is 1. The quantitative estimate of drug-likeness (QED) is 0.542. The molecule has 1 fully saturated rings. The van der Waals surface area contributed by atoms with Gasteiger partial charge in [-0.3, -0.25) is 4.90 Å². The van der Waals surface area contributed by atoms with Crippen molar-refractivity contribution in [1.82, 2.24) is 10.2 Å². The predicted molar refractivity (Wildman–Crippen MR) is 113 cm³/mol. The molecule has 0 atom stereocenters. The van der Waals surface area contributed by atoms with Crippen LogP contribution in [0.15, 0.2) is 36.4 Å². The van der Waals surface area contributed by atoms with Gasteiger partial charge in [0.25, 0.3) is 0 Å². The van der Waals surface area contributed by atoms with Gasteiger partial charge in [0.05, 0.1) is 6.61 Å². The Morgan fingerprint density at radius 2 is 1.76 bits per heavy atom. The number of carboxylic acid groups (broad SMARTS) is 2. The minimum absolute atomic E-state index is 0.558. The maximum absolute atomic E-state index is 9.55. The number of rotatable bonds is 9. The van der Waals surface area contributed by atoms with Gasteiger partial charge < -0.3 is 20.3 Å². The topological polar surface area (TPSA) is 99.1 Å². The van der Waals surface area contributed by atoms with Gasteiger partial charge in [0.1, 0.15) is 5.75 Å². The standard InChI is InChI=1S/C18H30N2O.C4H4O4/c1-4-21-18-8-6-5-7-16(18)14-20(13-15(2)3)17-9-11-19-12-10-17;5-3(6)1-2-4(7)8/h5-8,15,17,19H,4,9-14H2,1-3H3;1-2H,(H,5,6)(H,7,8)/b;2-1+. The van der Waals surface area contributed by atoms with Gasteiger partial charge in [0, 0.05) is 36.8 Å². The minimum Gasteiger partial charge on any atom is -0.494 e. The fourth-order valence-electron chi connectivity index (χ4n) is 3.28. The molecule has 1 aromatic rings. The van der Waals surface area contributed by atoms with E-state index >= 15 is 0 Å². The Kier molecular flexibility index (Phi) is 11.7. The number of ether oxygens (including phenoxy) is 1. The summed E-state index contributed by atoms with van der Waals surface area (Å²) in [5.41, 5.74) is 1.32. The Hall–Kier alpha value is -2.38. The number of hydrogen-bond acceptors (Lipinski definition) is 5. The van der Waals surface area contributed by atoms with Crippen molar-refractivity contribution in [3.05, 3.63) is 42.0 Å². The normalized spacial score (nSPS) is 14.7. The lowest BCUT2D eigenvalue weighted by Gasteiger charge is -2.36. The lowest BCUT2D eigenvalue weighted by Crippen LogP contribution is -2.44. The second kappa shape index (κ2) is 13.7. The first-order chi connectivity index (χ1) is 13.8. The molecule has 0 amide bonds. The van der Waals surface area contributed by atoms with E-state index in [0.29, 0.717) is 24.1 Å². The molecule has 1 aromatic carbocycles. The highest BCUT2D eigenvalue weighted by atomic mass is 16.5. The third kappa shape index (κ3) is 10.7. The summed E-state index contributed by atoms with van der Waals surface area (Å²) < 4.78 is 5.79. The van der Waals surface area contributed by atoms with Gasteiger partial charge in [-0.1, -0.05) is 32.0 Å². The van der Waals surface area contributed by atoms with Crippen LogP contribution in [0.3, 0.4) is 0 Å². The lowest BCUT2D eigenvalue weighted by atomic mass is 10.0. The lowest BCUT2D eigenvalue weighted by molar-refractivity contribution is -0.134. The summed E-state index contributed by atoms with van der Waals surface area (Å²) in [6.07, 6.45) is 3.62. The highest BCUT2D eigenvalue weighted by Gasteiger charge is 2.22. The molecule has 1 aliphatic heterocycles. The van der Waals surface area contributed by atoms with E-state index in [0.717, 1.165) is 38.5 Å². The van der Waals surface area contributed by atoms with Crippen LogP contribution >= 0.6 is 0 Å². The zero-order valence-electron chi connectivity index (χ0n) is 17.6. The fourth-order valence-corrected chi connectivity index (χ4v) is 3.28. The zero-order valence-corrected chi connectivity index (χ0v) is 17.6. The average molecular weight is 407 g/mol. The van der Waals surface area contributed by atoms with E-state index in [1.165, 1.54) is 18.4 Å². The summed E-state index contributed by atoms with van der Waals surface area (Å²) in [6.45, 7) is 11.8. The molecule has 7 heteroatoms. The van der Waals surface area contributed by atoms with Crippen LogP contribution in [0, 0.1) is 5.92 Å². The molecule has 7 nitrogen and oxygen atoms in total. The molecule has 0 bridgehead atoms. The van der Waals surface area contributed by atoms with E-state index < -0.39 is 11.9 Å². The molecule has 1 aliphatic rings. The molecular weight excluding hydrogens is 372 g/mol. The fraction of sp³-hybridized carbons (Fsp3) is 0.545. The molecule has 0 radical (unpaired) electrons. The number of piperidine rings is 1. The Morgan fingerprint density at radius 3 is 2.28 bits per heavy atom. The molecule has 0 spiro atoms. The van der Waals surface area contributed by atoms with Crippen LogP contribution < -0.4 is 10.1 Å². The van der Waals surface area contributed by atoms with E-state index in [1.54, 1.807) is 0 Å². The third-order valence-corrected chi connectivity index (χ3v) is 4.44. The first kappa shape index (κ1) is 24.7. The summed E-state index contributed by atoms with van der Waals surface area (Å²) in [5, 5.41) is 19.1. The molecule has 0 aliphatic carbocycles. The molecule has 0 unspecified atom stereocenters. The number of carboxylic acids is 2. The Bertz CT molecular complexity index is 638. The first-order valence-corrected chi connectivity index (χ1v) is 10.1. The van der Waals surface area contributed by atoms with E-state index in [4.69, 9.17) is 14.9 Å². The monoisotopic (exact) mass is 406 g/mol. The second-order valence-corrected chi connectivity index (χ2v) is 7.36. The Balaban J connectivity index is 0.000000447. The van der Waals surface area contributed by atoms with Crippen LogP contribution in [0.2, 0.25) is 0 Å². The Labute approximate surface area is 173 Å². The molecule has 162 valence electrons. The van der Waals surface area contributed by atoms with Crippen molar-refractivity contribution in [2.24, 2.45) is 5.92 Å². The maximum Gasteiger partial charge on any atom is 0.328 e. The van der Waals surface area contributed by atoms with E-state index in [9.17, 15) is 9.59 Å². The van der Waals surface area contributed by atoms with Crippen molar-refractivity contribution in [3.8, 4) is 5.75 Å². The van der Waals surface area contributed by atoms with E-state index in [2.05, 4.69) is 55.3 Å². The number of hydrogen-bond donors (Lipinski definition) is 3. The van der Waals surface area contributed by atoms with Gasteiger partial charge in [-0.2, -0.15) is 0 Å². The maximum atomic E-state index is 9.55. The van der Waals surface area contributed by atoms with Gasteiger partial charge in [-0.05, 0) is 44.8 Å². The van der Waals surface area contributed by atoms with Gasteiger partial charge in [0.15, 0.2) is 0 Å². The first-order valence-electron chi connectivity index (χ1n) is 10.1. The summed E-state index contributed by atoms with van der Waals surface area (Å²) in [7, 11) is 0. The van der Waals surface area contributed by atoms with Gasteiger partial charge >= 0.3 is 11.9 Å². The van der Waals surface area contributed by atoms with Crippen molar-refractivity contribution in [1.29, 1.82) is 0 Å². The van der Waals surface area contributed by atoms with Gasteiger partial charge in [-0.25, -0.2) is 9.59 Å². The zero-order chi connectivity index (χ0) is 21.6. The molecule has 0 aromatic heterocycles. The smallest absolute Gasteiger partial charge is 0.328 e. The number of nitrogens with one attached hydrogen (secondary N) is 1. The molecule has 0 saturated carbocycles. The van der Waals surface area contributed by atoms with Crippen LogP contribution in [-0.2, 0) is 16.1 Å². The van der Waals surface area contributed by atoms with Crippen molar-refractivity contribution < 1.29 is 24.5 Å².